The zero-order valence-electron chi connectivity index (χ0n) is 16.8. The van der Waals surface area contributed by atoms with Gasteiger partial charge in [0.05, 0.1) is 0 Å². The summed E-state index contributed by atoms with van der Waals surface area (Å²) in [6.07, 6.45) is 4.10. The molecule has 2 heterocycles. The maximum atomic E-state index is 12.7. The van der Waals surface area contributed by atoms with Crippen LogP contribution in [0.5, 0.6) is 0 Å². The highest BCUT2D eigenvalue weighted by molar-refractivity contribution is 6.03. The molecule has 1 fully saturated rings. The first kappa shape index (κ1) is 18.9. The van der Waals surface area contributed by atoms with Crippen molar-refractivity contribution in [2.24, 2.45) is 0 Å². The Balaban J connectivity index is 1.46. The molecule has 0 aliphatic carbocycles. The van der Waals surface area contributed by atoms with Crippen molar-refractivity contribution in [1.82, 2.24) is 9.97 Å². The van der Waals surface area contributed by atoms with Crippen LogP contribution in [-0.2, 0) is 0 Å². The molecule has 6 heteroatoms. The smallest absolute Gasteiger partial charge is 0.274 e. The zero-order valence-corrected chi connectivity index (χ0v) is 16.8. The van der Waals surface area contributed by atoms with Crippen molar-refractivity contribution in [3.05, 3.63) is 71.5 Å². The highest BCUT2D eigenvalue weighted by Crippen LogP contribution is 2.23. The van der Waals surface area contributed by atoms with Crippen molar-refractivity contribution in [2.45, 2.75) is 26.7 Å². The summed E-state index contributed by atoms with van der Waals surface area (Å²) in [7, 11) is 0. The normalized spacial score (nSPS) is 13.4. The van der Waals surface area contributed by atoms with E-state index in [1.807, 2.05) is 44.2 Å². The number of benzene rings is 2. The van der Waals surface area contributed by atoms with E-state index in [9.17, 15) is 4.79 Å². The van der Waals surface area contributed by atoms with Crippen LogP contribution in [0.15, 0.2) is 54.7 Å². The van der Waals surface area contributed by atoms with Gasteiger partial charge in [0, 0.05) is 36.3 Å². The molecule has 0 spiro atoms. The van der Waals surface area contributed by atoms with Gasteiger partial charge in [-0.25, -0.2) is 9.97 Å². The first-order valence-electron chi connectivity index (χ1n) is 9.93. The SMILES string of the molecule is Cc1cccc(C)c1NC(=O)c1ccnc(Nc2ccc(N3CCCC3)cc2)n1. The van der Waals surface area contributed by atoms with Crippen molar-refractivity contribution < 1.29 is 4.79 Å². The van der Waals surface area contributed by atoms with Gasteiger partial charge in [0.25, 0.3) is 5.91 Å². The van der Waals surface area contributed by atoms with Gasteiger partial charge in [-0.05, 0) is 68.1 Å². The summed E-state index contributed by atoms with van der Waals surface area (Å²) < 4.78 is 0. The highest BCUT2D eigenvalue weighted by atomic mass is 16.1. The molecule has 1 amide bonds. The lowest BCUT2D eigenvalue weighted by Gasteiger charge is -2.17. The van der Waals surface area contributed by atoms with Gasteiger partial charge >= 0.3 is 0 Å². The van der Waals surface area contributed by atoms with Crippen LogP contribution in [0.4, 0.5) is 23.0 Å². The van der Waals surface area contributed by atoms with Gasteiger partial charge in [-0.3, -0.25) is 4.79 Å². The van der Waals surface area contributed by atoms with Crippen LogP contribution in [0.1, 0.15) is 34.5 Å². The van der Waals surface area contributed by atoms with Crippen LogP contribution >= 0.6 is 0 Å². The lowest BCUT2D eigenvalue weighted by molar-refractivity contribution is 0.102. The Kier molecular flexibility index (Phi) is 5.42. The van der Waals surface area contributed by atoms with Gasteiger partial charge in [0.1, 0.15) is 5.69 Å². The largest absolute Gasteiger partial charge is 0.372 e. The van der Waals surface area contributed by atoms with Crippen molar-refractivity contribution >= 4 is 28.9 Å². The van der Waals surface area contributed by atoms with Gasteiger partial charge < -0.3 is 15.5 Å². The Morgan fingerprint density at radius 3 is 2.34 bits per heavy atom. The molecule has 0 bridgehead atoms. The standard InChI is InChI=1S/C23H25N5O/c1-16-6-5-7-17(2)21(16)27-22(29)20-12-13-24-23(26-20)25-18-8-10-19(11-9-18)28-14-3-4-15-28/h5-13H,3-4,14-15H2,1-2H3,(H,27,29)(H,24,25,26). The second-order valence-electron chi connectivity index (χ2n) is 7.35. The number of carbonyl (C=O) groups excluding carboxylic acids is 1. The molecular formula is C23H25N5O. The van der Waals surface area contributed by atoms with Crippen LogP contribution in [0.2, 0.25) is 0 Å². The number of carbonyl (C=O) groups is 1. The third kappa shape index (κ3) is 4.37. The van der Waals surface area contributed by atoms with Crippen molar-refractivity contribution in [3.63, 3.8) is 0 Å². The fourth-order valence-electron chi connectivity index (χ4n) is 3.59. The van der Waals surface area contributed by atoms with Crippen LogP contribution in [0.3, 0.4) is 0 Å². The first-order chi connectivity index (χ1) is 14.1. The number of hydrogen-bond donors (Lipinski definition) is 2. The fraction of sp³-hybridized carbons (Fsp3) is 0.261. The van der Waals surface area contributed by atoms with Crippen molar-refractivity contribution in [2.75, 3.05) is 28.6 Å². The molecule has 3 aromatic rings. The molecule has 4 rings (SSSR count). The molecule has 1 aromatic heterocycles. The second kappa shape index (κ2) is 8.31. The Hall–Kier alpha value is -3.41. The highest BCUT2D eigenvalue weighted by Gasteiger charge is 2.13. The quantitative estimate of drug-likeness (QED) is 0.665. The molecule has 0 atom stereocenters. The van der Waals surface area contributed by atoms with Crippen molar-refractivity contribution in [1.29, 1.82) is 0 Å². The summed E-state index contributed by atoms with van der Waals surface area (Å²) in [5.41, 5.74) is 5.30. The van der Waals surface area contributed by atoms with Crippen molar-refractivity contribution in [3.8, 4) is 0 Å². The average Bonchev–Trinajstić information content (AvgIpc) is 3.26. The summed E-state index contributed by atoms with van der Waals surface area (Å²) >= 11 is 0. The number of nitrogens with one attached hydrogen (secondary N) is 2. The number of amides is 1. The topological polar surface area (TPSA) is 70.2 Å². The lowest BCUT2D eigenvalue weighted by atomic mass is 10.1. The number of anilines is 4. The Morgan fingerprint density at radius 1 is 0.966 bits per heavy atom. The van der Waals surface area contributed by atoms with Crippen LogP contribution < -0.4 is 15.5 Å². The van der Waals surface area contributed by atoms with Gasteiger partial charge in [-0.2, -0.15) is 0 Å². The van der Waals surface area contributed by atoms with Crippen LogP contribution in [0, 0.1) is 13.8 Å². The van der Waals surface area contributed by atoms with Gasteiger partial charge in [0.2, 0.25) is 5.95 Å². The van der Waals surface area contributed by atoms with E-state index < -0.39 is 0 Å². The van der Waals surface area contributed by atoms with E-state index in [2.05, 4.69) is 37.6 Å². The van der Waals surface area contributed by atoms with Gasteiger partial charge in [-0.15, -0.1) is 0 Å². The molecule has 148 valence electrons. The van der Waals surface area contributed by atoms with E-state index in [-0.39, 0.29) is 5.91 Å². The maximum absolute atomic E-state index is 12.7. The molecule has 2 N–H and O–H groups in total. The minimum atomic E-state index is -0.253. The number of para-hydroxylation sites is 1. The lowest BCUT2D eigenvalue weighted by Crippen LogP contribution is -2.17. The van der Waals surface area contributed by atoms with E-state index >= 15 is 0 Å². The zero-order chi connectivity index (χ0) is 20.2. The van der Waals surface area contributed by atoms with Crippen LogP contribution in [0.25, 0.3) is 0 Å². The summed E-state index contributed by atoms with van der Waals surface area (Å²) in [6.45, 7) is 6.18. The molecule has 1 saturated heterocycles. The minimum Gasteiger partial charge on any atom is -0.372 e. The number of aromatic nitrogens is 2. The average molecular weight is 387 g/mol. The molecular weight excluding hydrogens is 362 g/mol. The number of hydrogen-bond acceptors (Lipinski definition) is 5. The Bertz CT molecular complexity index is 990. The second-order valence-corrected chi connectivity index (χ2v) is 7.35. The molecule has 0 unspecified atom stereocenters. The Morgan fingerprint density at radius 2 is 1.66 bits per heavy atom. The minimum absolute atomic E-state index is 0.253. The third-order valence-corrected chi connectivity index (χ3v) is 5.20. The molecule has 2 aromatic carbocycles. The first-order valence-corrected chi connectivity index (χ1v) is 9.93. The van der Waals surface area contributed by atoms with Gasteiger partial charge in [-0.1, -0.05) is 18.2 Å². The van der Waals surface area contributed by atoms with Gasteiger partial charge in [0.15, 0.2) is 0 Å². The molecule has 6 nitrogen and oxygen atoms in total. The molecule has 0 saturated carbocycles. The number of rotatable bonds is 5. The monoisotopic (exact) mass is 387 g/mol. The van der Waals surface area contributed by atoms with E-state index in [0.717, 1.165) is 35.6 Å². The predicted molar refractivity (Wildman–Crippen MR) is 117 cm³/mol. The van der Waals surface area contributed by atoms with E-state index in [1.165, 1.54) is 18.5 Å². The maximum Gasteiger partial charge on any atom is 0.274 e. The Labute approximate surface area is 171 Å². The third-order valence-electron chi connectivity index (χ3n) is 5.20. The number of nitrogens with zero attached hydrogens (tertiary/aromatic N) is 3. The summed E-state index contributed by atoms with van der Waals surface area (Å²) in [5.74, 6) is 0.144. The molecule has 1 aliphatic rings. The predicted octanol–water partition coefficient (Wildman–Crippen LogP) is 4.69. The van der Waals surface area contributed by atoms with E-state index in [0.29, 0.717) is 11.6 Å². The summed E-state index contributed by atoms with van der Waals surface area (Å²) in [6, 6.07) is 15.8. The fourth-order valence-corrected chi connectivity index (χ4v) is 3.59. The number of aryl methyl sites for hydroxylation is 2. The molecule has 29 heavy (non-hydrogen) atoms. The summed E-state index contributed by atoms with van der Waals surface area (Å²) in [4.78, 5) is 23.7. The molecule has 0 radical (unpaired) electrons. The summed E-state index contributed by atoms with van der Waals surface area (Å²) in [5, 5.41) is 6.14. The van der Waals surface area contributed by atoms with E-state index in [1.54, 1.807) is 12.3 Å². The van der Waals surface area contributed by atoms with Crippen LogP contribution in [-0.4, -0.2) is 29.0 Å². The van der Waals surface area contributed by atoms with E-state index in [4.69, 9.17) is 0 Å². The molecule has 1 aliphatic heterocycles.